The van der Waals surface area contributed by atoms with E-state index in [9.17, 15) is 0 Å². The Balaban J connectivity index is 2.47. The second-order valence-corrected chi connectivity index (χ2v) is 4.69. The molecule has 0 saturated heterocycles. The van der Waals surface area contributed by atoms with E-state index in [0.29, 0.717) is 0 Å². The zero-order valence-corrected chi connectivity index (χ0v) is 9.00. The molecule has 0 atom stereocenters. The number of thioether (sulfide) groups is 1. The normalized spacial score (nSPS) is 15.8. The Morgan fingerprint density at radius 1 is 1.31 bits per heavy atom. The average Bonchev–Trinajstić information content (AvgIpc) is 2.28. The van der Waals surface area contributed by atoms with E-state index < -0.39 is 0 Å². The molecule has 1 nitrogen and oxygen atoms in total. The Morgan fingerprint density at radius 3 is 3.00 bits per heavy atom. The highest BCUT2D eigenvalue weighted by molar-refractivity contribution is 7.99. The maximum Gasteiger partial charge on any atom is 0.0483 e. The quantitative estimate of drug-likeness (QED) is 0.679. The summed E-state index contributed by atoms with van der Waals surface area (Å²) in [5, 5.41) is 3.49. The first-order valence-electron chi connectivity index (χ1n) is 4.75. The van der Waals surface area contributed by atoms with Gasteiger partial charge in [-0.2, -0.15) is 0 Å². The molecule has 0 spiro atoms. The number of nitrogens with one attached hydrogen (secondary N) is 1. The fourth-order valence-corrected chi connectivity index (χ4v) is 2.81. The van der Waals surface area contributed by atoms with E-state index >= 15 is 0 Å². The molecule has 1 aromatic carbocycles. The lowest BCUT2D eigenvalue weighted by atomic mass is 10.1. The average molecular weight is 193 g/mol. The monoisotopic (exact) mass is 193 g/mol. The number of aryl methyl sites for hydroxylation is 2. The molecule has 0 amide bonds. The summed E-state index contributed by atoms with van der Waals surface area (Å²) in [6.45, 7) is 5.47. The Morgan fingerprint density at radius 2 is 2.15 bits per heavy atom. The fourth-order valence-electron chi connectivity index (χ4n) is 1.75. The van der Waals surface area contributed by atoms with Gasteiger partial charge in [-0.05, 0) is 43.2 Å². The molecule has 2 rings (SSSR count). The highest BCUT2D eigenvalue weighted by atomic mass is 32.2. The van der Waals surface area contributed by atoms with Crippen molar-refractivity contribution in [1.82, 2.24) is 0 Å². The lowest BCUT2D eigenvalue weighted by Crippen LogP contribution is -2.00. The van der Waals surface area contributed by atoms with Crippen LogP contribution in [0.2, 0.25) is 0 Å². The van der Waals surface area contributed by atoms with Crippen LogP contribution in [0.5, 0.6) is 0 Å². The van der Waals surface area contributed by atoms with Crippen molar-refractivity contribution in [3.63, 3.8) is 0 Å². The largest absolute Gasteiger partial charge is 0.384 e. The number of rotatable bonds is 0. The van der Waals surface area contributed by atoms with Gasteiger partial charge in [-0.25, -0.2) is 0 Å². The van der Waals surface area contributed by atoms with E-state index in [2.05, 4.69) is 31.3 Å². The highest BCUT2D eigenvalue weighted by Gasteiger charge is 2.10. The first-order valence-corrected chi connectivity index (χ1v) is 5.74. The van der Waals surface area contributed by atoms with Crippen molar-refractivity contribution >= 4 is 17.4 Å². The second-order valence-electron chi connectivity index (χ2n) is 3.59. The lowest BCUT2D eigenvalue weighted by molar-refractivity contribution is 0.998. The second kappa shape index (κ2) is 3.62. The smallest absolute Gasteiger partial charge is 0.0483 e. The molecule has 1 heterocycles. The molecule has 0 bridgehead atoms. The van der Waals surface area contributed by atoms with Gasteiger partial charge >= 0.3 is 0 Å². The third kappa shape index (κ3) is 1.83. The third-order valence-electron chi connectivity index (χ3n) is 2.30. The van der Waals surface area contributed by atoms with Crippen LogP contribution in [-0.2, 0) is 0 Å². The fraction of sp³-hybridized carbons (Fsp3) is 0.455. The van der Waals surface area contributed by atoms with Gasteiger partial charge in [0.2, 0.25) is 0 Å². The van der Waals surface area contributed by atoms with Crippen LogP contribution >= 0.6 is 11.8 Å². The molecule has 1 aliphatic rings. The molecule has 0 saturated carbocycles. The summed E-state index contributed by atoms with van der Waals surface area (Å²) in [4.78, 5) is 1.45. The van der Waals surface area contributed by atoms with Crippen molar-refractivity contribution in [3.8, 4) is 0 Å². The van der Waals surface area contributed by atoms with Gasteiger partial charge in [-0.1, -0.05) is 6.07 Å². The number of fused-ring (bicyclic) bond motifs is 1. The summed E-state index contributed by atoms with van der Waals surface area (Å²) in [6.07, 6.45) is 1.26. The van der Waals surface area contributed by atoms with Gasteiger partial charge in [0.15, 0.2) is 0 Å². The summed E-state index contributed by atoms with van der Waals surface area (Å²) in [5.41, 5.74) is 4.10. The van der Waals surface area contributed by atoms with Crippen LogP contribution in [0.4, 0.5) is 5.69 Å². The molecule has 0 fully saturated rings. The van der Waals surface area contributed by atoms with Crippen molar-refractivity contribution in [2.24, 2.45) is 0 Å². The molecule has 1 aliphatic heterocycles. The van der Waals surface area contributed by atoms with E-state index in [0.717, 1.165) is 6.54 Å². The van der Waals surface area contributed by atoms with E-state index in [1.54, 1.807) is 0 Å². The SMILES string of the molecule is Cc1cc(C)c2c(c1)NCCCS2. The molecular formula is C11H15NS. The molecule has 1 aromatic rings. The number of benzene rings is 1. The number of hydrogen-bond acceptors (Lipinski definition) is 2. The van der Waals surface area contributed by atoms with Gasteiger partial charge in [-0.15, -0.1) is 11.8 Å². The molecule has 0 unspecified atom stereocenters. The standard InChI is InChI=1S/C11H15NS/c1-8-6-9(2)11-10(7-8)12-4-3-5-13-11/h6-7,12H,3-5H2,1-2H3. The minimum Gasteiger partial charge on any atom is -0.384 e. The van der Waals surface area contributed by atoms with Gasteiger partial charge in [0, 0.05) is 17.1 Å². The van der Waals surface area contributed by atoms with E-state index in [1.807, 2.05) is 11.8 Å². The van der Waals surface area contributed by atoms with Crippen LogP contribution < -0.4 is 5.32 Å². The summed E-state index contributed by atoms with van der Waals surface area (Å²) in [5.74, 6) is 1.24. The van der Waals surface area contributed by atoms with Crippen LogP contribution in [0, 0.1) is 13.8 Å². The minimum absolute atomic E-state index is 1.11. The summed E-state index contributed by atoms with van der Waals surface area (Å²) < 4.78 is 0. The maximum atomic E-state index is 3.49. The predicted molar refractivity (Wildman–Crippen MR) is 59.7 cm³/mol. The summed E-state index contributed by atoms with van der Waals surface area (Å²) in [6, 6.07) is 4.51. The van der Waals surface area contributed by atoms with Gasteiger partial charge in [-0.3, -0.25) is 0 Å². The summed E-state index contributed by atoms with van der Waals surface area (Å²) in [7, 11) is 0. The van der Waals surface area contributed by atoms with Crippen LogP contribution in [0.15, 0.2) is 17.0 Å². The first-order chi connectivity index (χ1) is 6.27. The van der Waals surface area contributed by atoms with Crippen molar-refractivity contribution in [2.45, 2.75) is 25.2 Å². The topological polar surface area (TPSA) is 12.0 Å². The van der Waals surface area contributed by atoms with Crippen molar-refractivity contribution < 1.29 is 0 Å². The Hall–Kier alpha value is -0.630. The van der Waals surface area contributed by atoms with Gasteiger partial charge in [0.05, 0.1) is 0 Å². The molecule has 0 aliphatic carbocycles. The Bertz CT molecular complexity index is 320. The van der Waals surface area contributed by atoms with Gasteiger partial charge < -0.3 is 5.32 Å². The molecule has 0 radical (unpaired) electrons. The minimum atomic E-state index is 1.11. The molecule has 0 aromatic heterocycles. The van der Waals surface area contributed by atoms with Crippen LogP contribution in [-0.4, -0.2) is 12.3 Å². The van der Waals surface area contributed by atoms with Crippen molar-refractivity contribution in [1.29, 1.82) is 0 Å². The summed E-state index contributed by atoms with van der Waals surface area (Å²) >= 11 is 1.98. The van der Waals surface area contributed by atoms with E-state index in [-0.39, 0.29) is 0 Å². The van der Waals surface area contributed by atoms with Crippen molar-refractivity contribution in [2.75, 3.05) is 17.6 Å². The predicted octanol–water partition coefficient (Wildman–Crippen LogP) is 3.21. The molecule has 2 heteroatoms. The van der Waals surface area contributed by atoms with Crippen molar-refractivity contribution in [3.05, 3.63) is 23.3 Å². The number of anilines is 1. The van der Waals surface area contributed by atoms with Crippen LogP contribution in [0.25, 0.3) is 0 Å². The van der Waals surface area contributed by atoms with Gasteiger partial charge in [0.1, 0.15) is 0 Å². The molecule has 1 N–H and O–H groups in total. The Labute approximate surface area is 83.9 Å². The third-order valence-corrected chi connectivity index (χ3v) is 3.63. The molecule has 70 valence electrons. The van der Waals surface area contributed by atoms with E-state index in [1.165, 1.54) is 33.9 Å². The first kappa shape index (κ1) is 8.95. The lowest BCUT2D eigenvalue weighted by Gasteiger charge is -2.10. The van der Waals surface area contributed by atoms with Crippen LogP contribution in [0.3, 0.4) is 0 Å². The number of hydrogen-bond donors (Lipinski definition) is 1. The van der Waals surface area contributed by atoms with E-state index in [4.69, 9.17) is 0 Å². The highest BCUT2D eigenvalue weighted by Crippen LogP contribution is 2.34. The van der Waals surface area contributed by atoms with Crippen LogP contribution in [0.1, 0.15) is 17.5 Å². The molecular weight excluding hydrogens is 178 g/mol. The Kier molecular flexibility index (Phi) is 2.49. The molecule has 13 heavy (non-hydrogen) atoms. The zero-order chi connectivity index (χ0) is 9.26. The zero-order valence-electron chi connectivity index (χ0n) is 8.18. The van der Waals surface area contributed by atoms with Gasteiger partial charge in [0.25, 0.3) is 0 Å². The maximum absolute atomic E-state index is 3.49.